The van der Waals surface area contributed by atoms with Crippen LogP contribution >= 0.6 is 15.9 Å². The Balaban J connectivity index is 0.000000671. The van der Waals surface area contributed by atoms with Gasteiger partial charge < -0.3 is 4.74 Å². The van der Waals surface area contributed by atoms with Crippen molar-refractivity contribution in [1.82, 2.24) is 0 Å². The minimum Gasteiger partial charge on any atom is -0.493 e. The quantitative estimate of drug-likeness (QED) is 0.672. The lowest BCUT2D eigenvalue weighted by Gasteiger charge is -1.95. The van der Waals surface area contributed by atoms with Crippen molar-refractivity contribution in [2.24, 2.45) is 0 Å². The monoisotopic (exact) mass is 244 g/mol. The summed E-state index contributed by atoms with van der Waals surface area (Å²) in [5, 5.41) is 0. The van der Waals surface area contributed by atoms with E-state index in [-0.39, 0.29) is 0 Å². The summed E-state index contributed by atoms with van der Waals surface area (Å²) in [4.78, 5) is 0. The zero-order chi connectivity index (χ0) is 10.3. The fourth-order valence-electron chi connectivity index (χ4n) is 1.17. The maximum Gasteiger partial charge on any atom is 0.122 e. The van der Waals surface area contributed by atoms with Crippen molar-refractivity contribution in [2.45, 2.75) is 20.3 Å². The van der Waals surface area contributed by atoms with Crippen LogP contribution in [-0.4, -0.2) is 12.4 Å². The van der Waals surface area contributed by atoms with E-state index in [1.165, 1.54) is 11.1 Å². The minimum atomic E-state index is 0.806. The van der Waals surface area contributed by atoms with Gasteiger partial charge in [0.2, 0.25) is 0 Å². The van der Waals surface area contributed by atoms with Crippen LogP contribution in [0.5, 0.6) is 0 Å². The van der Waals surface area contributed by atoms with Gasteiger partial charge in [0.1, 0.15) is 5.76 Å². The lowest BCUT2D eigenvalue weighted by molar-refractivity contribution is 0.257. The fraction of sp³-hybridized carbons (Fsp3) is 0.455. The van der Waals surface area contributed by atoms with Crippen LogP contribution in [0.15, 0.2) is 35.6 Å². The Labute approximate surface area is 89.3 Å². The van der Waals surface area contributed by atoms with E-state index in [0.717, 1.165) is 18.8 Å². The van der Waals surface area contributed by atoms with Crippen LogP contribution in [0, 0.1) is 0 Å². The molecule has 1 rings (SSSR count). The second kappa shape index (κ2) is 6.96. The van der Waals surface area contributed by atoms with Crippen molar-refractivity contribution in [2.75, 3.05) is 12.4 Å². The predicted molar refractivity (Wildman–Crippen MR) is 62.1 cm³/mol. The third kappa shape index (κ3) is 4.32. The second-order valence-corrected chi connectivity index (χ2v) is 2.91. The molecule has 0 aromatic rings. The smallest absolute Gasteiger partial charge is 0.122 e. The highest BCUT2D eigenvalue weighted by molar-refractivity contribution is 9.08. The molecule has 13 heavy (non-hydrogen) atoms. The van der Waals surface area contributed by atoms with Crippen molar-refractivity contribution < 1.29 is 4.74 Å². The molecule has 1 heterocycles. The molecule has 0 unspecified atom stereocenters. The topological polar surface area (TPSA) is 9.23 Å². The van der Waals surface area contributed by atoms with E-state index < -0.39 is 0 Å². The van der Waals surface area contributed by atoms with Crippen LogP contribution in [-0.2, 0) is 4.74 Å². The number of hydrogen-bond acceptors (Lipinski definition) is 1. The van der Waals surface area contributed by atoms with Gasteiger partial charge in [-0.25, -0.2) is 0 Å². The first-order chi connectivity index (χ1) is 6.24. The molecule has 0 atom stereocenters. The third-order valence-electron chi connectivity index (χ3n) is 1.59. The van der Waals surface area contributed by atoms with Crippen molar-refractivity contribution in [1.29, 1.82) is 0 Å². The van der Waals surface area contributed by atoms with E-state index in [0.29, 0.717) is 0 Å². The molecule has 1 nitrogen and oxygen atoms in total. The molecule has 0 spiro atoms. The molecule has 0 radical (unpaired) electrons. The molecule has 0 N–H and O–H groups in total. The standard InChI is InChI=1S/C10H14O.CH3Br/c1-4-10-9(5-6-11-10)7-8(2)3;1-2/h4,7H,1,5-6H2,2-3H3;1H3. The van der Waals surface area contributed by atoms with Crippen LogP contribution in [0.25, 0.3) is 0 Å². The lowest BCUT2D eigenvalue weighted by atomic mass is 10.1. The zero-order valence-corrected chi connectivity index (χ0v) is 10.1. The Kier molecular flexibility index (Phi) is 6.69. The summed E-state index contributed by atoms with van der Waals surface area (Å²) in [6.45, 7) is 8.67. The van der Waals surface area contributed by atoms with E-state index in [1.807, 2.05) is 5.83 Å². The summed E-state index contributed by atoms with van der Waals surface area (Å²) >= 11 is 2.94. The molecule has 0 saturated heterocycles. The summed E-state index contributed by atoms with van der Waals surface area (Å²) in [6, 6.07) is 0. The number of alkyl halides is 1. The fourth-order valence-corrected chi connectivity index (χ4v) is 1.17. The Morgan fingerprint density at radius 3 is 2.54 bits per heavy atom. The van der Waals surface area contributed by atoms with Crippen LogP contribution < -0.4 is 0 Å². The maximum absolute atomic E-state index is 5.33. The molecule has 2 heteroatoms. The van der Waals surface area contributed by atoms with Gasteiger partial charge in [0, 0.05) is 6.42 Å². The Morgan fingerprint density at radius 1 is 1.46 bits per heavy atom. The van der Waals surface area contributed by atoms with Crippen molar-refractivity contribution in [3.8, 4) is 0 Å². The maximum atomic E-state index is 5.33. The first kappa shape index (κ1) is 12.5. The largest absolute Gasteiger partial charge is 0.493 e. The molecule has 0 bridgehead atoms. The lowest BCUT2D eigenvalue weighted by Crippen LogP contribution is -1.78. The highest BCUT2D eigenvalue weighted by Gasteiger charge is 2.09. The first-order valence-electron chi connectivity index (χ1n) is 4.25. The molecule has 0 aliphatic carbocycles. The van der Waals surface area contributed by atoms with Gasteiger partial charge in [0.25, 0.3) is 0 Å². The minimum absolute atomic E-state index is 0.806. The molecule has 0 aromatic carbocycles. The Hall–Kier alpha value is -0.500. The summed E-state index contributed by atoms with van der Waals surface area (Å²) in [5.41, 5.74) is 2.59. The summed E-state index contributed by atoms with van der Waals surface area (Å²) in [5.74, 6) is 2.76. The molecule has 0 fully saturated rings. The Morgan fingerprint density at radius 2 is 2.08 bits per heavy atom. The van der Waals surface area contributed by atoms with Gasteiger partial charge >= 0.3 is 0 Å². The third-order valence-corrected chi connectivity index (χ3v) is 1.59. The van der Waals surface area contributed by atoms with E-state index in [9.17, 15) is 0 Å². The van der Waals surface area contributed by atoms with Crippen molar-refractivity contribution in [3.63, 3.8) is 0 Å². The van der Waals surface area contributed by atoms with Gasteiger partial charge in [-0.15, -0.1) is 0 Å². The predicted octanol–water partition coefficient (Wildman–Crippen LogP) is 3.82. The van der Waals surface area contributed by atoms with Crippen molar-refractivity contribution in [3.05, 3.63) is 35.6 Å². The number of halogens is 1. The highest BCUT2D eigenvalue weighted by atomic mass is 79.9. The SMILES string of the molecule is C=CC1=C(C=C(C)C)CCO1.CBr. The average molecular weight is 245 g/mol. The molecule has 1 aliphatic rings. The van der Waals surface area contributed by atoms with Gasteiger partial charge in [-0.2, -0.15) is 0 Å². The Bertz CT molecular complexity index is 222. The number of rotatable bonds is 2. The molecule has 0 amide bonds. The van der Waals surface area contributed by atoms with E-state index >= 15 is 0 Å². The molecular formula is C11H17BrO. The van der Waals surface area contributed by atoms with Crippen molar-refractivity contribution >= 4 is 15.9 Å². The molecule has 74 valence electrons. The van der Waals surface area contributed by atoms with Gasteiger partial charge in [0.05, 0.1) is 6.61 Å². The summed E-state index contributed by atoms with van der Waals surface area (Å²) in [6.07, 6.45) is 4.96. The van der Waals surface area contributed by atoms with Crippen LogP contribution in [0.2, 0.25) is 0 Å². The summed E-state index contributed by atoms with van der Waals surface area (Å²) in [7, 11) is 0. The number of hydrogen-bond donors (Lipinski definition) is 0. The normalized spacial score (nSPS) is 14.2. The molecule has 1 aliphatic heterocycles. The first-order valence-corrected chi connectivity index (χ1v) is 5.83. The van der Waals surface area contributed by atoms with E-state index in [2.05, 4.69) is 42.4 Å². The van der Waals surface area contributed by atoms with Crippen LogP contribution in [0.3, 0.4) is 0 Å². The zero-order valence-electron chi connectivity index (χ0n) is 8.56. The van der Waals surface area contributed by atoms with E-state index in [1.54, 1.807) is 6.08 Å². The number of ether oxygens (including phenoxy) is 1. The van der Waals surface area contributed by atoms with Gasteiger partial charge in [-0.1, -0.05) is 34.2 Å². The summed E-state index contributed by atoms with van der Waals surface area (Å²) < 4.78 is 5.33. The molecule has 0 aromatic heterocycles. The van der Waals surface area contributed by atoms with Crippen LogP contribution in [0.4, 0.5) is 0 Å². The highest BCUT2D eigenvalue weighted by Crippen LogP contribution is 2.21. The van der Waals surface area contributed by atoms with E-state index in [4.69, 9.17) is 4.74 Å². The van der Waals surface area contributed by atoms with Gasteiger partial charge in [-0.3, -0.25) is 0 Å². The van der Waals surface area contributed by atoms with Crippen LogP contribution in [0.1, 0.15) is 20.3 Å². The van der Waals surface area contributed by atoms with Gasteiger partial charge in [-0.05, 0) is 31.3 Å². The molecular weight excluding hydrogens is 228 g/mol. The second-order valence-electron chi connectivity index (χ2n) is 2.91. The molecule has 0 saturated carbocycles. The average Bonchev–Trinajstić information content (AvgIpc) is 2.54. The van der Waals surface area contributed by atoms with Gasteiger partial charge in [0.15, 0.2) is 0 Å². The number of allylic oxidation sites excluding steroid dienone is 3.